The number of hydrogen-bond acceptors (Lipinski definition) is 0. The predicted molar refractivity (Wildman–Crippen MR) is 75.2 cm³/mol. The van der Waals surface area contributed by atoms with Crippen LogP contribution in [0.4, 0.5) is 0 Å². The van der Waals surface area contributed by atoms with Gasteiger partial charge in [0.15, 0.2) is 0 Å². The molecule has 0 rings (SSSR count). The minimum absolute atomic E-state index is 0.717. The van der Waals surface area contributed by atoms with Gasteiger partial charge in [-0.3, -0.25) is 0 Å². The van der Waals surface area contributed by atoms with Gasteiger partial charge in [-0.15, -0.1) is 0 Å². The molecule has 0 fully saturated rings. The molecule has 0 aliphatic carbocycles. The highest BCUT2D eigenvalue weighted by Gasteiger charge is 1.96. The van der Waals surface area contributed by atoms with E-state index in [0.29, 0.717) is 0 Å². The quantitative estimate of drug-likeness (QED) is 0.391. The van der Waals surface area contributed by atoms with Crippen LogP contribution in [-0.2, 0) is 0 Å². The van der Waals surface area contributed by atoms with Crippen LogP contribution in [0, 0.1) is 19.8 Å². The lowest BCUT2D eigenvalue weighted by Gasteiger charge is -2.05. The van der Waals surface area contributed by atoms with Gasteiger partial charge < -0.3 is 0 Å². The van der Waals surface area contributed by atoms with Crippen molar-refractivity contribution in [3.8, 4) is 0 Å². The third-order valence-electron chi connectivity index (χ3n) is 3.12. The average Bonchev–Trinajstić information content (AvgIpc) is 2.27. The summed E-state index contributed by atoms with van der Waals surface area (Å²) >= 11 is 0. The number of hydrogen-bond donors (Lipinski definition) is 0. The van der Waals surface area contributed by atoms with Crippen molar-refractivity contribution in [3.63, 3.8) is 0 Å². The number of unbranched alkanes of at least 4 members (excludes halogenated alkanes) is 8. The number of rotatable bonds is 11. The Kier molecular flexibility index (Phi) is 12.6. The fraction of sp³-hybridized carbons (Fsp3) is 0.750. The van der Waals surface area contributed by atoms with E-state index in [0.717, 1.165) is 12.3 Å². The van der Waals surface area contributed by atoms with Gasteiger partial charge in [-0.2, -0.15) is 0 Å². The summed E-state index contributed by atoms with van der Waals surface area (Å²) in [7, 11) is 0. The molecule has 0 heterocycles. The van der Waals surface area contributed by atoms with E-state index in [1.54, 1.807) is 0 Å². The standard InChI is InChI=1S/C16H30/c1-4-6-7-8-9-10-11-12-13-15-16(3)14-5-2/h5,14,16H,1-2,4,6-13,15H2,3H3. The molecule has 0 nitrogen and oxygen atoms in total. The first-order valence-corrected chi connectivity index (χ1v) is 7.06. The highest BCUT2D eigenvalue weighted by molar-refractivity contribution is 4.87. The van der Waals surface area contributed by atoms with Crippen LogP contribution >= 0.6 is 0 Å². The van der Waals surface area contributed by atoms with E-state index in [-0.39, 0.29) is 0 Å². The maximum atomic E-state index is 3.87. The van der Waals surface area contributed by atoms with Crippen LogP contribution in [-0.4, -0.2) is 0 Å². The molecule has 0 aliphatic heterocycles. The summed E-state index contributed by atoms with van der Waals surface area (Å²) in [5.74, 6) is 0.717. The van der Waals surface area contributed by atoms with E-state index >= 15 is 0 Å². The zero-order chi connectivity index (χ0) is 12.1. The highest BCUT2D eigenvalue weighted by atomic mass is 14.0. The summed E-state index contributed by atoms with van der Waals surface area (Å²) in [5.41, 5.74) is 0. The molecule has 0 aromatic heterocycles. The van der Waals surface area contributed by atoms with Crippen molar-refractivity contribution >= 4 is 0 Å². The molecule has 0 heteroatoms. The van der Waals surface area contributed by atoms with E-state index in [2.05, 4.69) is 26.8 Å². The van der Waals surface area contributed by atoms with Crippen molar-refractivity contribution in [2.45, 2.75) is 71.1 Å². The van der Waals surface area contributed by atoms with E-state index in [1.165, 1.54) is 57.8 Å². The van der Waals surface area contributed by atoms with Crippen molar-refractivity contribution in [1.82, 2.24) is 0 Å². The van der Waals surface area contributed by atoms with E-state index in [1.807, 2.05) is 6.08 Å². The first kappa shape index (κ1) is 15.7. The summed E-state index contributed by atoms with van der Waals surface area (Å²) in [4.78, 5) is 0. The summed E-state index contributed by atoms with van der Waals surface area (Å²) < 4.78 is 0. The molecule has 0 aromatic rings. The van der Waals surface area contributed by atoms with Crippen LogP contribution in [0.25, 0.3) is 0 Å². The number of allylic oxidation sites excluding steroid dienone is 2. The second-order valence-corrected chi connectivity index (χ2v) is 4.88. The van der Waals surface area contributed by atoms with Crippen LogP contribution in [0.5, 0.6) is 0 Å². The molecule has 0 bridgehead atoms. The van der Waals surface area contributed by atoms with Crippen molar-refractivity contribution in [2.24, 2.45) is 5.92 Å². The van der Waals surface area contributed by atoms with Gasteiger partial charge in [-0.25, -0.2) is 0 Å². The van der Waals surface area contributed by atoms with Crippen molar-refractivity contribution in [2.75, 3.05) is 0 Å². The zero-order valence-electron chi connectivity index (χ0n) is 11.2. The van der Waals surface area contributed by atoms with E-state index < -0.39 is 0 Å². The molecule has 0 N–H and O–H groups in total. The Morgan fingerprint density at radius 2 is 1.38 bits per heavy atom. The maximum absolute atomic E-state index is 3.87. The Morgan fingerprint density at radius 3 is 1.88 bits per heavy atom. The van der Waals surface area contributed by atoms with Gasteiger partial charge in [0.05, 0.1) is 0 Å². The summed E-state index contributed by atoms with van der Waals surface area (Å²) in [6.07, 6.45) is 17.7. The van der Waals surface area contributed by atoms with Gasteiger partial charge >= 0.3 is 0 Å². The maximum Gasteiger partial charge on any atom is -0.0262 e. The van der Waals surface area contributed by atoms with E-state index in [9.17, 15) is 0 Å². The van der Waals surface area contributed by atoms with Gasteiger partial charge in [-0.05, 0) is 19.3 Å². The first-order chi connectivity index (χ1) is 7.81. The summed E-state index contributed by atoms with van der Waals surface area (Å²) in [5, 5.41) is 0. The van der Waals surface area contributed by atoms with Crippen LogP contribution in [0.2, 0.25) is 0 Å². The molecular formula is C16H30. The Labute approximate surface area is 104 Å². The average molecular weight is 222 g/mol. The lowest BCUT2D eigenvalue weighted by molar-refractivity contribution is 0.530. The fourth-order valence-corrected chi connectivity index (χ4v) is 2.03. The van der Waals surface area contributed by atoms with Crippen molar-refractivity contribution in [3.05, 3.63) is 26.0 Å². The predicted octanol–water partition coefficient (Wildman–Crippen LogP) is 5.75. The smallest absolute Gasteiger partial charge is 0.0262 e. The Bertz CT molecular complexity index is 146. The minimum atomic E-state index is 0.717. The van der Waals surface area contributed by atoms with Gasteiger partial charge in [-0.1, -0.05) is 83.8 Å². The second kappa shape index (κ2) is 12.8. The minimum Gasteiger partial charge on any atom is -0.0880 e. The Morgan fingerprint density at radius 1 is 0.875 bits per heavy atom. The Balaban J connectivity index is 3.04. The summed E-state index contributed by atoms with van der Waals surface area (Å²) in [6.45, 7) is 9.88. The molecule has 16 heavy (non-hydrogen) atoms. The molecule has 2 radical (unpaired) electrons. The Hall–Kier alpha value is -0.260. The normalized spacial score (nSPS) is 13.4. The lowest BCUT2D eigenvalue weighted by atomic mass is 10.0. The molecule has 0 saturated carbocycles. The molecule has 0 aromatic carbocycles. The molecule has 0 spiro atoms. The molecule has 0 saturated heterocycles. The third-order valence-corrected chi connectivity index (χ3v) is 3.12. The van der Waals surface area contributed by atoms with Crippen molar-refractivity contribution < 1.29 is 0 Å². The SMILES string of the molecule is [CH2]C=CC(C)CCCCCCCCCC[CH2]. The largest absolute Gasteiger partial charge is 0.0880 e. The molecule has 0 amide bonds. The van der Waals surface area contributed by atoms with Gasteiger partial charge in [0.1, 0.15) is 0 Å². The van der Waals surface area contributed by atoms with Crippen LogP contribution in [0.15, 0.2) is 12.2 Å². The molecule has 0 aliphatic rings. The lowest BCUT2D eigenvalue weighted by Crippen LogP contribution is -1.89. The first-order valence-electron chi connectivity index (χ1n) is 7.06. The second-order valence-electron chi connectivity index (χ2n) is 4.88. The summed E-state index contributed by atoms with van der Waals surface area (Å²) in [6, 6.07) is 0. The van der Waals surface area contributed by atoms with Crippen LogP contribution in [0.1, 0.15) is 71.1 Å². The van der Waals surface area contributed by atoms with Gasteiger partial charge in [0, 0.05) is 0 Å². The highest BCUT2D eigenvalue weighted by Crippen LogP contribution is 2.13. The molecule has 94 valence electrons. The fourth-order valence-electron chi connectivity index (χ4n) is 2.03. The zero-order valence-corrected chi connectivity index (χ0v) is 11.2. The van der Waals surface area contributed by atoms with Crippen molar-refractivity contribution in [1.29, 1.82) is 0 Å². The monoisotopic (exact) mass is 222 g/mol. The van der Waals surface area contributed by atoms with Gasteiger partial charge in [0.25, 0.3) is 0 Å². The molecule has 1 atom stereocenters. The molecule has 1 unspecified atom stereocenters. The third kappa shape index (κ3) is 11.8. The molecular weight excluding hydrogens is 192 g/mol. The topological polar surface area (TPSA) is 0 Å². The van der Waals surface area contributed by atoms with E-state index in [4.69, 9.17) is 0 Å². The van der Waals surface area contributed by atoms with Crippen LogP contribution in [0.3, 0.4) is 0 Å². The van der Waals surface area contributed by atoms with Gasteiger partial charge in [0.2, 0.25) is 0 Å². The van der Waals surface area contributed by atoms with Crippen LogP contribution < -0.4 is 0 Å².